The van der Waals surface area contributed by atoms with Crippen molar-refractivity contribution in [2.75, 3.05) is 12.5 Å². The highest BCUT2D eigenvalue weighted by Crippen LogP contribution is 2.19. The van der Waals surface area contributed by atoms with Crippen molar-refractivity contribution < 1.29 is 19.6 Å². The van der Waals surface area contributed by atoms with Crippen LogP contribution in [0.5, 0.6) is 0 Å². The zero-order chi connectivity index (χ0) is 8.85. The molecule has 2 unspecified atom stereocenters. The minimum atomic E-state index is -1.70. The van der Waals surface area contributed by atoms with E-state index < -0.39 is 26.2 Å². The predicted octanol–water partition coefficient (Wildman–Crippen LogP) is -1.77. The number of carbonyl (C=O) groups is 1. The number of nitrogens with two attached hydrogens (primary N) is 1. The molecule has 3 N–H and O–H groups in total. The van der Waals surface area contributed by atoms with E-state index in [1.54, 1.807) is 0 Å². The van der Waals surface area contributed by atoms with Gasteiger partial charge in [0.2, 0.25) is 6.35 Å². The number of rotatable bonds is 5. The fraction of sp³-hybridized carbons (Fsp3) is 0.800. The predicted molar refractivity (Wildman–Crippen MR) is 37.2 cm³/mol. The molecule has 0 aliphatic rings. The SMILES string of the molecule is NC(CC[P+](=O)CO)C(=O)[O-]. The van der Waals surface area contributed by atoms with Crippen LogP contribution in [0.4, 0.5) is 0 Å². The molecule has 5 nitrogen and oxygen atoms in total. The molecule has 0 rings (SSSR count). The highest BCUT2D eigenvalue weighted by molar-refractivity contribution is 7.44. The molecule has 0 aromatic carbocycles. The molecule has 6 heteroatoms. The number of aliphatic hydroxyl groups is 1. The molecule has 0 aromatic rings. The summed E-state index contributed by atoms with van der Waals surface area (Å²) in [5.41, 5.74) is 5.05. The number of carboxylic acid groups (broad SMARTS) is 1. The van der Waals surface area contributed by atoms with E-state index in [9.17, 15) is 14.5 Å². The zero-order valence-corrected chi connectivity index (χ0v) is 6.79. The molecule has 0 radical (unpaired) electrons. The second-order valence-corrected chi connectivity index (χ2v) is 3.75. The Hall–Kier alpha value is -0.510. The molecule has 0 aromatic heterocycles. The van der Waals surface area contributed by atoms with Gasteiger partial charge in [-0.1, -0.05) is 4.57 Å². The third-order valence-electron chi connectivity index (χ3n) is 1.15. The van der Waals surface area contributed by atoms with E-state index in [0.29, 0.717) is 0 Å². The van der Waals surface area contributed by atoms with E-state index in [2.05, 4.69) is 0 Å². The van der Waals surface area contributed by atoms with Gasteiger partial charge in [-0.3, -0.25) is 0 Å². The summed E-state index contributed by atoms with van der Waals surface area (Å²) in [6.45, 7) is 0. The number of aliphatic carboxylic acids is 1. The monoisotopic (exact) mass is 179 g/mol. The second kappa shape index (κ2) is 5.18. The summed E-state index contributed by atoms with van der Waals surface area (Å²) in [7, 11) is -1.70. The first-order valence-electron chi connectivity index (χ1n) is 3.07. The molecule has 0 spiro atoms. The number of hydrogen-bond acceptors (Lipinski definition) is 5. The van der Waals surface area contributed by atoms with Crippen LogP contribution in [0.1, 0.15) is 6.42 Å². The fourth-order valence-corrected chi connectivity index (χ4v) is 1.18. The molecule has 2 atom stereocenters. The number of carbonyl (C=O) groups excluding carboxylic acids is 1. The topological polar surface area (TPSA) is 103 Å². The molecule has 11 heavy (non-hydrogen) atoms. The Bertz CT molecular complexity index is 161. The van der Waals surface area contributed by atoms with Crippen LogP contribution in [0.3, 0.4) is 0 Å². The van der Waals surface area contributed by atoms with Gasteiger partial charge >= 0.3 is 7.80 Å². The summed E-state index contributed by atoms with van der Waals surface area (Å²) in [4.78, 5) is 10.0. The van der Waals surface area contributed by atoms with Crippen molar-refractivity contribution in [3.63, 3.8) is 0 Å². The van der Waals surface area contributed by atoms with Crippen molar-refractivity contribution in [1.82, 2.24) is 0 Å². The van der Waals surface area contributed by atoms with E-state index in [0.717, 1.165) is 0 Å². The van der Waals surface area contributed by atoms with Gasteiger partial charge in [-0.25, -0.2) is 0 Å². The van der Waals surface area contributed by atoms with Gasteiger partial charge in [-0.15, -0.1) is 0 Å². The summed E-state index contributed by atoms with van der Waals surface area (Å²) in [6.07, 6.45) is -0.214. The molecule has 0 bridgehead atoms. The van der Waals surface area contributed by atoms with E-state index in [1.807, 2.05) is 0 Å². The number of hydrogen-bond donors (Lipinski definition) is 2. The molecule has 0 aliphatic carbocycles. The Kier molecular flexibility index (Phi) is 4.94. The Morgan fingerprint density at radius 2 is 2.27 bits per heavy atom. The van der Waals surface area contributed by atoms with E-state index >= 15 is 0 Å². The lowest BCUT2D eigenvalue weighted by Crippen LogP contribution is -2.42. The van der Waals surface area contributed by atoms with Crippen molar-refractivity contribution in [3.8, 4) is 0 Å². The average Bonchev–Trinajstić information content (AvgIpc) is 1.99. The largest absolute Gasteiger partial charge is 0.548 e. The van der Waals surface area contributed by atoms with Crippen LogP contribution in [0.25, 0.3) is 0 Å². The van der Waals surface area contributed by atoms with Gasteiger partial charge in [-0.05, 0) is 0 Å². The van der Waals surface area contributed by atoms with Crippen molar-refractivity contribution in [2.24, 2.45) is 5.73 Å². The summed E-state index contributed by atoms with van der Waals surface area (Å²) in [5, 5.41) is 18.3. The van der Waals surface area contributed by atoms with Gasteiger partial charge in [0.05, 0.1) is 5.97 Å². The van der Waals surface area contributed by atoms with Crippen LogP contribution < -0.4 is 10.8 Å². The third kappa shape index (κ3) is 4.84. The van der Waals surface area contributed by atoms with Crippen molar-refractivity contribution in [1.29, 1.82) is 0 Å². The molecule has 64 valence electrons. The first-order valence-corrected chi connectivity index (χ1v) is 4.70. The van der Waals surface area contributed by atoms with Gasteiger partial charge in [0.1, 0.15) is 6.16 Å². The maximum Gasteiger partial charge on any atom is 0.366 e. The Morgan fingerprint density at radius 3 is 2.64 bits per heavy atom. The number of aliphatic hydroxyl groups excluding tert-OH is 1. The highest BCUT2D eigenvalue weighted by Gasteiger charge is 2.15. The summed E-state index contributed by atoms with van der Waals surface area (Å²) < 4.78 is 10.6. The van der Waals surface area contributed by atoms with Crippen LogP contribution in [-0.4, -0.2) is 29.6 Å². The lowest BCUT2D eigenvalue weighted by atomic mass is 10.2. The Labute approximate surface area is 65.0 Å². The first kappa shape index (κ1) is 10.5. The molecule has 0 saturated carbocycles. The van der Waals surface area contributed by atoms with Gasteiger partial charge in [0, 0.05) is 12.5 Å². The van der Waals surface area contributed by atoms with Gasteiger partial charge in [0.25, 0.3) is 0 Å². The molecule has 0 heterocycles. The van der Waals surface area contributed by atoms with Gasteiger partial charge in [0.15, 0.2) is 0 Å². The molecular weight excluding hydrogens is 169 g/mol. The first-order chi connectivity index (χ1) is 5.07. The lowest BCUT2D eigenvalue weighted by molar-refractivity contribution is -0.307. The fourth-order valence-electron chi connectivity index (χ4n) is 0.472. The van der Waals surface area contributed by atoms with E-state index in [1.165, 1.54) is 0 Å². The minimum absolute atomic E-state index is 0.0814. The summed E-state index contributed by atoms with van der Waals surface area (Å²) >= 11 is 0. The second-order valence-electron chi connectivity index (χ2n) is 2.06. The van der Waals surface area contributed by atoms with Gasteiger partial charge < -0.3 is 20.7 Å². The molecule has 0 aliphatic heterocycles. The zero-order valence-electron chi connectivity index (χ0n) is 5.90. The van der Waals surface area contributed by atoms with Crippen molar-refractivity contribution in [2.45, 2.75) is 12.5 Å². The Balaban J connectivity index is 3.54. The average molecular weight is 179 g/mol. The highest BCUT2D eigenvalue weighted by atomic mass is 31.1. The summed E-state index contributed by atoms with van der Waals surface area (Å²) in [5.74, 6) is -1.36. The molecule has 0 amide bonds. The third-order valence-corrected chi connectivity index (χ3v) is 2.22. The van der Waals surface area contributed by atoms with Crippen LogP contribution in [0.15, 0.2) is 0 Å². The Morgan fingerprint density at radius 1 is 1.73 bits per heavy atom. The van der Waals surface area contributed by atoms with Crippen molar-refractivity contribution >= 4 is 13.8 Å². The minimum Gasteiger partial charge on any atom is -0.548 e. The molecular formula is C5H10NO4P. The maximum absolute atomic E-state index is 10.6. The standard InChI is InChI=1S/C5H10NO4P/c6-4(5(8)9)1-2-11(10)3-7/h4,7H,1-3,6H2. The van der Waals surface area contributed by atoms with E-state index in [-0.39, 0.29) is 12.6 Å². The van der Waals surface area contributed by atoms with Crippen LogP contribution >= 0.6 is 7.80 Å². The van der Waals surface area contributed by atoms with Crippen LogP contribution in [0.2, 0.25) is 0 Å². The normalized spacial score (nSPS) is 14.2. The number of carboxylic acids is 1. The smallest absolute Gasteiger partial charge is 0.366 e. The quantitative estimate of drug-likeness (QED) is 0.486. The lowest BCUT2D eigenvalue weighted by Gasteiger charge is -2.07. The van der Waals surface area contributed by atoms with Gasteiger partial charge in [-0.2, -0.15) is 0 Å². The molecule has 0 saturated heterocycles. The maximum atomic E-state index is 10.6. The van der Waals surface area contributed by atoms with Crippen LogP contribution in [0, 0.1) is 0 Å². The summed E-state index contributed by atoms with van der Waals surface area (Å²) in [6, 6.07) is -1.08. The molecule has 0 fully saturated rings. The van der Waals surface area contributed by atoms with Crippen molar-refractivity contribution in [3.05, 3.63) is 0 Å². The van der Waals surface area contributed by atoms with Crippen LogP contribution in [-0.2, 0) is 9.36 Å². The van der Waals surface area contributed by atoms with E-state index in [4.69, 9.17) is 10.8 Å².